The summed E-state index contributed by atoms with van der Waals surface area (Å²) in [7, 11) is 1.64. The van der Waals surface area contributed by atoms with E-state index in [0.717, 1.165) is 11.3 Å². The Hall–Kier alpha value is -1.26. The van der Waals surface area contributed by atoms with Crippen molar-refractivity contribution < 1.29 is 9.53 Å². The van der Waals surface area contributed by atoms with Crippen molar-refractivity contribution >= 4 is 18.3 Å². The summed E-state index contributed by atoms with van der Waals surface area (Å²) in [6, 6.07) is 7.79. The maximum absolute atomic E-state index is 11.5. The lowest BCUT2D eigenvalue weighted by Crippen LogP contribution is -2.29. The van der Waals surface area contributed by atoms with Crippen LogP contribution in [0.3, 0.4) is 0 Å². The zero-order valence-corrected chi connectivity index (χ0v) is 11.6. The molecule has 0 heterocycles. The van der Waals surface area contributed by atoms with Gasteiger partial charge in [-0.1, -0.05) is 19.1 Å². The van der Waals surface area contributed by atoms with Crippen LogP contribution in [0.2, 0.25) is 0 Å². The van der Waals surface area contributed by atoms with Crippen LogP contribution in [0.4, 0.5) is 0 Å². The molecule has 0 saturated carbocycles. The first kappa shape index (κ1) is 16.7. The Kier molecular flexibility index (Phi) is 8.16. The summed E-state index contributed by atoms with van der Waals surface area (Å²) in [6.07, 6.45) is 0.465. The average Bonchev–Trinajstić information content (AvgIpc) is 2.36. The summed E-state index contributed by atoms with van der Waals surface area (Å²) in [4.78, 5) is 11.5. The van der Waals surface area contributed by atoms with E-state index < -0.39 is 0 Å². The molecule has 0 saturated heterocycles. The molecule has 0 aliphatic carbocycles. The first-order valence-electron chi connectivity index (χ1n) is 5.78. The molecule has 102 valence electrons. The molecule has 0 radical (unpaired) electrons. The third-order valence-corrected chi connectivity index (χ3v) is 2.62. The third kappa shape index (κ3) is 5.38. The van der Waals surface area contributed by atoms with E-state index in [4.69, 9.17) is 10.5 Å². The SMILES string of the molecule is COc1cccc(C(C)CC(=O)NCCN)c1.Cl. The van der Waals surface area contributed by atoms with Crippen LogP contribution >= 0.6 is 12.4 Å². The molecule has 1 aromatic rings. The summed E-state index contributed by atoms with van der Waals surface area (Å²) in [5.41, 5.74) is 6.43. The minimum Gasteiger partial charge on any atom is -0.497 e. The topological polar surface area (TPSA) is 64.3 Å². The van der Waals surface area contributed by atoms with Crippen LogP contribution in [0.25, 0.3) is 0 Å². The van der Waals surface area contributed by atoms with E-state index in [-0.39, 0.29) is 24.2 Å². The molecule has 0 fully saturated rings. The van der Waals surface area contributed by atoms with E-state index in [2.05, 4.69) is 5.32 Å². The first-order valence-corrected chi connectivity index (χ1v) is 5.78. The number of benzene rings is 1. The van der Waals surface area contributed by atoms with Crippen LogP contribution in [0.15, 0.2) is 24.3 Å². The quantitative estimate of drug-likeness (QED) is 0.828. The molecule has 4 nitrogen and oxygen atoms in total. The van der Waals surface area contributed by atoms with Gasteiger partial charge in [-0.3, -0.25) is 4.79 Å². The smallest absolute Gasteiger partial charge is 0.220 e. The summed E-state index contributed by atoms with van der Waals surface area (Å²) < 4.78 is 5.16. The van der Waals surface area contributed by atoms with Gasteiger partial charge in [0.2, 0.25) is 5.91 Å². The van der Waals surface area contributed by atoms with Gasteiger partial charge in [-0.15, -0.1) is 12.4 Å². The largest absolute Gasteiger partial charge is 0.497 e. The van der Waals surface area contributed by atoms with Gasteiger partial charge in [0.1, 0.15) is 5.75 Å². The van der Waals surface area contributed by atoms with Gasteiger partial charge in [-0.05, 0) is 23.6 Å². The van der Waals surface area contributed by atoms with Gasteiger partial charge in [-0.2, -0.15) is 0 Å². The Balaban J connectivity index is 0.00000289. The van der Waals surface area contributed by atoms with Crippen molar-refractivity contribution in [3.05, 3.63) is 29.8 Å². The van der Waals surface area contributed by atoms with Crippen molar-refractivity contribution in [2.75, 3.05) is 20.2 Å². The Morgan fingerprint density at radius 1 is 1.50 bits per heavy atom. The van der Waals surface area contributed by atoms with E-state index in [0.29, 0.717) is 19.5 Å². The van der Waals surface area contributed by atoms with Crippen LogP contribution < -0.4 is 15.8 Å². The predicted molar refractivity (Wildman–Crippen MR) is 75.3 cm³/mol. The van der Waals surface area contributed by atoms with Crippen molar-refractivity contribution in [1.82, 2.24) is 5.32 Å². The van der Waals surface area contributed by atoms with Crippen LogP contribution in [-0.4, -0.2) is 26.1 Å². The van der Waals surface area contributed by atoms with Crippen molar-refractivity contribution in [3.63, 3.8) is 0 Å². The summed E-state index contributed by atoms with van der Waals surface area (Å²) >= 11 is 0. The molecule has 0 bridgehead atoms. The minimum absolute atomic E-state index is 0. The van der Waals surface area contributed by atoms with Gasteiger partial charge < -0.3 is 15.8 Å². The van der Waals surface area contributed by atoms with E-state index >= 15 is 0 Å². The van der Waals surface area contributed by atoms with Crippen LogP contribution in [0, 0.1) is 0 Å². The molecule has 3 N–H and O–H groups in total. The number of amides is 1. The molecule has 5 heteroatoms. The van der Waals surface area contributed by atoms with Gasteiger partial charge in [0.25, 0.3) is 0 Å². The molecular weight excluding hydrogens is 252 g/mol. The number of nitrogens with one attached hydrogen (secondary N) is 1. The maximum Gasteiger partial charge on any atom is 0.220 e. The van der Waals surface area contributed by atoms with Gasteiger partial charge in [0.15, 0.2) is 0 Å². The van der Waals surface area contributed by atoms with E-state index in [1.807, 2.05) is 31.2 Å². The number of ether oxygens (including phenoxy) is 1. The summed E-state index contributed by atoms with van der Waals surface area (Å²) in [5.74, 6) is 1.02. The molecule has 0 aromatic heterocycles. The normalized spacial score (nSPS) is 11.3. The van der Waals surface area contributed by atoms with Gasteiger partial charge in [0, 0.05) is 19.5 Å². The number of nitrogens with two attached hydrogens (primary N) is 1. The molecule has 1 unspecified atom stereocenters. The first-order chi connectivity index (χ1) is 8.17. The van der Waals surface area contributed by atoms with Crippen molar-refractivity contribution in [2.45, 2.75) is 19.3 Å². The zero-order valence-electron chi connectivity index (χ0n) is 10.8. The highest BCUT2D eigenvalue weighted by Gasteiger charge is 2.11. The Bertz CT molecular complexity index is 372. The number of halogens is 1. The minimum atomic E-state index is 0. The monoisotopic (exact) mass is 272 g/mol. The fourth-order valence-electron chi connectivity index (χ4n) is 1.63. The Morgan fingerprint density at radius 3 is 2.83 bits per heavy atom. The lowest BCUT2D eigenvalue weighted by atomic mass is 9.97. The molecule has 1 amide bonds. The number of hydrogen-bond acceptors (Lipinski definition) is 3. The van der Waals surface area contributed by atoms with E-state index in [9.17, 15) is 4.79 Å². The van der Waals surface area contributed by atoms with Crippen LogP contribution in [0.5, 0.6) is 5.75 Å². The standard InChI is InChI=1S/C13H20N2O2.ClH/c1-10(8-13(16)15-7-6-14)11-4-3-5-12(9-11)17-2;/h3-5,9-10H,6-8,14H2,1-2H3,(H,15,16);1H. The number of carbonyl (C=O) groups excluding carboxylic acids is 1. The highest BCUT2D eigenvalue weighted by molar-refractivity contribution is 5.85. The highest BCUT2D eigenvalue weighted by Crippen LogP contribution is 2.22. The van der Waals surface area contributed by atoms with Crippen molar-refractivity contribution in [3.8, 4) is 5.75 Å². The second-order valence-corrected chi connectivity index (χ2v) is 4.02. The molecule has 18 heavy (non-hydrogen) atoms. The molecule has 1 rings (SSSR count). The molecule has 1 aromatic carbocycles. The number of hydrogen-bond donors (Lipinski definition) is 2. The lowest BCUT2D eigenvalue weighted by molar-refractivity contribution is -0.121. The van der Waals surface area contributed by atoms with Gasteiger partial charge in [-0.25, -0.2) is 0 Å². The fraction of sp³-hybridized carbons (Fsp3) is 0.462. The fourth-order valence-corrected chi connectivity index (χ4v) is 1.63. The Labute approximate surface area is 114 Å². The predicted octanol–water partition coefficient (Wildman–Crippen LogP) is 1.69. The maximum atomic E-state index is 11.5. The van der Waals surface area contributed by atoms with Crippen molar-refractivity contribution in [2.24, 2.45) is 5.73 Å². The van der Waals surface area contributed by atoms with E-state index in [1.54, 1.807) is 7.11 Å². The number of methoxy groups -OCH3 is 1. The zero-order chi connectivity index (χ0) is 12.7. The highest BCUT2D eigenvalue weighted by atomic mass is 35.5. The second kappa shape index (κ2) is 8.78. The van der Waals surface area contributed by atoms with Crippen LogP contribution in [0.1, 0.15) is 24.8 Å². The molecule has 1 atom stereocenters. The summed E-state index contributed by atoms with van der Waals surface area (Å²) in [6.45, 7) is 3.03. The van der Waals surface area contributed by atoms with Crippen LogP contribution in [-0.2, 0) is 4.79 Å². The van der Waals surface area contributed by atoms with Gasteiger partial charge >= 0.3 is 0 Å². The number of carbonyl (C=O) groups is 1. The lowest BCUT2D eigenvalue weighted by Gasteiger charge is -2.12. The Morgan fingerprint density at radius 2 is 2.22 bits per heavy atom. The molecule has 0 aliphatic rings. The molecule has 0 spiro atoms. The summed E-state index contributed by atoms with van der Waals surface area (Å²) in [5, 5.41) is 2.77. The molecule has 0 aliphatic heterocycles. The number of rotatable bonds is 6. The van der Waals surface area contributed by atoms with Gasteiger partial charge in [0.05, 0.1) is 7.11 Å². The molecular formula is C13H21ClN2O2. The second-order valence-electron chi connectivity index (χ2n) is 4.02. The average molecular weight is 273 g/mol. The third-order valence-electron chi connectivity index (χ3n) is 2.62. The van der Waals surface area contributed by atoms with E-state index in [1.165, 1.54) is 0 Å². The van der Waals surface area contributed by atoms with Crippen molar-refractivity contribution in [1.29, 1.82) is 0 Å².